The Balaban J connectivity index is 2.86. The van der Waals surface area contributed by atoms with E-state index in [1.165, 1.54) is 18.7 Å². The molecule has 0 unspecified atom stereocenters. The second-order valence-corrected chi connectivity index (χ2v) is 4.49. The number of para-hydroxylation sites is 1. The zero-order valence-electron chi connectivity index (χ0n) is 11.0. The number of anilines is 1. The number of Topliss-reactive ketones (excluding diaryl/α,β-unsaturated/α-hetero) is 1. The van der Waals surface area contributed by atoms with E-state index in [0.717, 1.165) is 5.69 Å². The molecule has 1 amide bonds. The van der Waals surface area contributed by atoms with Crippen molar-refractivity contribution in [2.75, 3.05) is 11.9 Å². The lowest BCUT2D eigenvalue weighted by atomic mass is 9.96. The molecule has 0 fully saturated rings. The average molecular weight is 249 g/mol. The highest BCUT2D eigenvalue weighted by Crippen LogP contribution is 2.18. The van der Waals surface area contributed by atoms with Crippen LogP contribution in [0.3, 0.4) is 0 Å². The molecule has 4 heteroatoms. The fourth-order valence-electron chi connectivity index (χ4n) is 1.80. The lowest BCUT2D eigenvalue weighted by Crippen LogP contribution is -2.39. The number of ketones is 1. The Morgan fingerprint density at radius 2 is 1.83 bits per heavy atom. The predicted octanol–water partition coefficient (Wildman–Crippen LogP) is 1.63. The van der Waals surface area contributed by atoms with Crippen molar-refractivity contribution < 1.29 is 14.7 Å². The molecule has 0 saturated heterocycles. The molecule has 18 heavy (non-hydrogen) atoms. The van der Waals surface area contributed by atoms with Gasteiger partial charge in [-0.2, -0.15) is 0 Å². The van der Waals surface area contributed by atoms with Gasteiger partial charge in [-0.25, -0.2) is 0 Å². The summed E-state index contributed by atoms with van der Waals surface area (Å²) in [6, 6.07) is 9.15. The Morgan fingerprint density at radius 1 is 1.28 bits per heavy atom. The lowest BCUT2D eigenvalue weighted by molar-refractivity contribution is -0.130. The summed E-state index contributed by atoms with van der Waals surface area (Å²) in [7, 11) is 1.65. The minimum atomic E-state index is -0.840. The van der Waals surface area contributed by atoms with Gasteiger partial charge in [0.25, 0.3) is 0 Å². The monoisotopic (exact) mass is 249 g/mol. The number of hydrogen-bond acceptors (Lipinski definition) is 3. The van der Waals surface area contributed by atoms with Gasteiger partial charge in [-0.1, -0.05) is 18.2 Å². The lowest BCUT2D eigenvalue weighted by Gasteiger charge is -2.25. The first-order valence-corrected chi connectivity index (χ1v) is 5.93. The molecule has 0 heterocycles. The summed E-state index contributed by atoms with van der Waals surface area (Å²) in [6.07, 6.45) is -0.777. The van der Waals surface area contributed by atoms with E-state index in [-0.39, 0.29) is 18.1 Å². The van der Waals surface area contributed by atoms with Crippen molar-refractivity contribution in [1.82, 2.24) is 0 Å². The van der Waals surface area contributed by atoms with Gasteiger partial charge in [0.1, 0.15) is 5.78 Å². The van der Waals surface area contributed by atoms with Gasteiger partial charge in [-0.3, -0.25) is 4.79 Å². The summed E-state index contributed by atoms with van der Waals surface area (Å²) in [5, 5.41) is 9.63. The summed E-state index contributed by atoms with van der Waals surface area (Å²) < 4.78 is 0. The standard InChI is InChI=1S/C14H19NO3/c1-10(16)9-13(11(2)17)14(18)15(3)12-7-5-4-6-8-12/h4-8,11,13,17H,9H2,1-3H3/t11-,13+/m1/s1. The highest BCUT2D eigenvalue weighted by Gasteiger charge is 2.28. The number of carbonyl (C=O) groups excluding carboxylic acids is 2. The fraction of sp³-hybridized carbons (Fsp3) is 0.429. The Kier molecular flexibility index (Phi) is 5.04. The van der Waals surface area contributed by atoms with Gasteiger partial charge in [-0.05, 0) is 26.0 Å². The number of nitrogens with zero attached hydrogens (tertiary/aromatic N) is 1. The molecule has 98 valence electrons. The molecule has 4 nitrogen and oxygen atoms in total. The molecule has 0 aromatic heterocycles. The first kappa shape index (κ1) is 14.4. The van der Waals surface area contributed by atoms with Crippen LogP contribution in [0.25, 0.3) is 0 Å². The van der Waals surface area contributed by atoms with Gasteiger partial charge in [0.05, 0.1) is 12.0 Å². The predicted molar refractivity (Wildman–Crippen MR) is 70.3 cm³/mol. The van der Waals surface area contributed by atoms with Crippen LogP contribution in [0.5, 0.6) is 0 Å². The van der Waals surface area contributed by atoms with Crippen LogP contribution in [0.1, 0.15) is 20.3 Å². The van der Waals surface area contributed by atoms with E-state index in [9.17, 15) is 14.7 Å². The number of aliphatic hydroxyl groups excluding tert-OH is 1. The Bertz CT molecular complexity index is 414. The smallest absolute Gasteiger partial charge is 0.232 e. The zero-order chi connectivity index (χ0) is 13.7. The second-order valence-electron chi connectivity index (χ2n) is 4.49. The molecule has 0 saturated carbocycles. The zero-order valence-corrected chi connectivity index (χ0v) is 11.0. The van der Waals surface area contributed by atoms with Gasteiger partial charge < -0.3 is 14.8 Å². The minimum absolute atomic E-state index is 0.0632. The third kappa shape index (κ3) is 3.67. The van der Waals surface area contributed by atoms with Gasteiger partial charge in [-0.15, -0.1) is 0 Å². The van der Waals surface area contributed by atoms with E-state index < -0.39 is 12.0 Å². The molecule has 1 aromatic rings. The number of aliphatic hydroxyl groups is 1. The molecular formula is C14H19NO3. The molecule has 1 aromatic carbocycles. The summed E-state index contributed by atoms with van der Waals surface area (Å²) in [4.78, 5) is 24.8. The maximum Gasteiger partial charge on any atom is 0.232 e. The quantitative estimate of drug-likeness (QED) is 0.862. The third-order valence-electron chi connectivity index (χ3n) is 2.88. The van der Waals surface area contributed by atoms with Gasteiger partial charge in [0.15, 0.2) is 0 Å². The molecule has 0 spiro atoms. The van der Waals surface area contributed by atoms with Crippen LogP contribution in [0.4, 0.5) is 5.69 Å². The van der Waals surface area contributed by atoms with Crippen molar-refractivity contribution in [1.29, 1.82) is 0 Å². The molecule has 0 aliphatic carbocycles. The van der Waals surface area contributed by atoms with E-state index in [2.05, 4.69) is 0 Å². The summed E-state index contributed by atoms with van der Waals surface area (Å²) >= 11 is 0. The molecule has 1 N–H and O–H groups in total. The van der Waals surface area contributed by atoms with Crippen molar-refractivity contribution in [3.8, 4) is 0 Å². The first-order valence-electron chi connectivity index (χ1n) is 5.93. The van der Waals surface area contributed by atoms with E-state index in [1.54, 1.807) is 7.05 Å². The van der Waals surface area contributed by atoms with Crippen molar-refractivity contribution in [3.05, 3.63) is 30.3 Å². The van der Waals surface area contributed by atoms with Gasteiger partial charge in [0.2, 0.25) is 5.91 Å². The van der Waals surface area contributed by atoms with E-state index in [1.807, 2.05) is 30.3 Å². The number of rotatable bonds is 5. The van der Waals surface area contributed by atoms with Crippen LogP contribution in [0, 0.1) is 5.92 Å². The van der Waals surface area contributed by atoms with E-state index >= 15 is 0 Å². The Morgan fingerprint density at radius 3 is 2.28 bits per heavy atom. The highest BCUT2D eigenvalue weighted by atomic mass is 16.3. The number of amides is 1. The number of carbonyl (C=O) groups is 2. The summed E-state index contributed by atoms with van der Waals surface area (Å²) in [5.74, 6) is -1.03. The maximum absolute atomic E-state index is 12.2. The Labute approximate surface area is 107 Å². The normalized spacial score (nSPS) is 13.8. The molecule has 0 radical (unpaired) electrons. The largest absolute Gasteiger partial charge is 0.393 e. The van der Waals surface area contributed by atoms with Crippen LogP contribution in [0.15, 0.2) is 30.3 Å². The van der Waals surface area contributed by atoms with Gasteiger partial charge >= 0.3 is 0 Å². The van der Waals surface area contributed by atoms with Crippen LogP contribution >= 0.6 is 0 Å². The summed E-state index contributed by atoms with van der Waals surface area (Å²) in [6.45, 7) is 2.95. The SMILES string of the molecule is CC(=O)C[C@H](C(=O)N(C)c1ccccc1)[C@@H](C)O. The molecule has 2 atom stereocenters. The van der Waals surface area contributed by atoms with Crippen LogP contribution in [-0.2, 0) is 9.59 Å². The van der Waals surface area contributed by atoms with Crippen molar-refractivity contribution in [3.63, 3.8) is 0 Å². The topological polar surface area (TPSA) is 57.6 Å². The molecule has 0 aliphatic rings. The molecule has 0 bridgehead atoms. The van der Waals surface area contributed by atoms with Crippen LogP contribution < -0.4 is 4.90 Å². The number of hydrogen-bond donors (Lipinski definition) is 1. The molecule has 0 aliphatic heterocycles. The maximum atomic E-state index is 12.2. The third-order valence-corrected chi connectivity index (χ3v) is 2.88. The highest BCUT2D eigenvalue weighted by molar-refractivity contribution is 5.97. The van der Waals surface area contributed by atoms with Crippen LogP contribution in [-0.4, -0.2) is 29.9 Å². The van der Waals surface area contributed by atoms with E-state index in [0.29, 0.717) is 0 Å². The Hall–Kier alpha value is -1.68. The van der Waals surface area contributed by atoms with Crippen LogP contribution in [0.2, 0.25) is 0 Å². The first-order chi connectivity index (χ1) is 8.43. The molecular weight excluding hydrogens is 230 g/mol. The fourth-order valence-corrected chi connectivity index (χ4v) is 1.80. The van der Waals surface area contributed by atoms with Gasteiger partial charge in [0, 0.05) is 19.2 Å². The van der Waals surface area contributed by atoms with Crippen molar-refractivity contribution in [2.45, 2.75) is 26.4 Å². The van der Waals surface area contributed by atoms with Crippen molar-refractivity contribution >= 4 is 17.4 Å². The molecule has 1 rings (SSSR count). The second kappa shape index (κ2) is 6.31. The van der Waals surface area contributed by atoms with Crippen molar-refractivity contribution in [2.24, 2.45) is 5.92 Å². The number of benzene rings is 1. The minimum Gasteiger partial charge on any atom is -0.393 e. The van der Waals surface area contributed by atoms with E-state index in [4.69, 9.17) is 0 Å². The average Bonchev–Trinajstić information content (AvgIpc) is 2.34. The summed E-state index contributed by atoms with van der Waals surface area (Å²) in [5.41, 5.74) is 0.747.